The molecule has 1 aromatic carbocycles. The van der Waals surface area contributed by atoms with E-state index in [1.165, 1.54) is 29.0 Å². The summed E-state index contributed by atoms with van der Waals surface area (Å²) in [6.45, 7) is 4.68. The largest absolute Gasteiger partial charge is 0.465 e. The number of benzene rings is 1. The van der Waals surface area contributed by atoms with Crippen LogP contribution in [0.1, 0.15) is 38.6 Å². The van der Waals surface area contributed by atoms with E-state index in [0.717, 1.165) is 5.56 Å². The number of nitrogens with one attached hydrogen (secondary N) is 1. The number of carbonyl (C=O) groups is 1. The van der Waals surface area contributed by atoms with Crippen LogP contribution in [-0.4, -0.2) is 13.1 Å². The second kappa shape index (κ2) is 6.83. The Hall–Kier alpha value is -1.72. The fourth-order valence-electron chi connectivity index (χ4n) is 2.00. The maximum Gasteiger partial charge on any atom is 0.340 e. The number of aryl methyl sites for hydroxylation is 1. The van der Waals surface area contributed by atoms with E-state index in [4.69, 9.17) is 0 Å². The third-order valence-corrected chi connectivity index (χ3v) is 4.42. The second-order valence-corrected chi connectivity index (χ2v) is 6.18. The molecule has 0 radical (unpaired) electrons. The van der Waals surface area contributed by atoms with Crippen molar-refractivity contribution in [3.05, 3.63) is 57.0 Å². The molecule has 21 heavy (non-hydrogen) atoms. The van der Waals surface area contributed by atoms with Gasteiger partial charge in [-0.1, -0.05) is 6.07 Å². The van der Waals surface area contributed by atoms with E-state index in [-0.39, 0.29) is 11.6 Å². The summed E-state index contributed by atoms with van der Waals surface area (Å²) in [5, 5.41) is 3.35. The summed E-state index contributed by atoms with van der Waals surface area (Å²) in [5.41, 5.74) is 0.753. The molecule has 1 unspecified atom stereocenters. The fourth-order valence-corrected chi connectivity index (χ4v) is 2.91. The third kappa shape index (κ3) is 3.89. The molecule has 1 atom stereocenters. The van der Waals surface area contributed by atoms with Gasteiger partial charge in [0.25, 0.3) is 0 Å². The summed E-state index contributed by atoms with van der Waals surface area (Å²) in [4.78, 5) is 13.8. The number of hydrogen-bond acceptors (Lipinski definition) is 4. The third-order valence-electron chi connectivity index (χ3n) is 3.24. The van der Waals surface area contributed by atoms with Crippen molar-refractivity contribution in [1.29, 1.82) is 0 Å². The smallest absolute Gasteiger partial charge is 0.340 e. The highest BCUT2D eigenvalue weighted by Crippen LogP contribution is 2.22. The van der Waals surface area contributed by atoms with Gasteiger partial charge in [-0.25, -0.2) is 9.18 Å². The normalized spacial score (nSPS) is 12.2. The van der Waals surface area contributed by atoms with Crippen LogP contribution in [0.3, 0.4) is 0 Å². The molecule has 1 N–H and O–H groups in total. The first-order chi connectivity index (χ1) is 10.0. The van der Waals surface area contributed by atoms with E-state index < -0.39 is 11.8 Å². The molecule has 1 aromatic heterocycles. The lowest BCUT2D eigenvalue weighted by Gasteiger charge is -2.12. The van der Waals surface area contributed by atoms with Crippen LogP contribution in [0.4, 0.5) is 4.39 Å². The number of hydrogen-bond donors (Lipinski definition) is 1. The number of esters is 1. The van der Waals surface area contributed by atoms with Gasteiger partial charge in [0.2, 0.25) is 0 Å². The molecule has 0 bridgehead atoms. The highest BCUT2D eigenvalue weighted by Gasteiger charge is 2.13. The molecule has 0 spiro atoms. The molecule has 0 aliphatic heterocycles. The van der Waals surface area contributed by atoms with Crippen LogP contribution < -0.4 is 5.32 Å². The zero-order valence-corrected chi connectivity index (χ0v) is 13.1. The van der Waals surface area contributed by atoms with Crippen LogP contribution in [0.2, 0.25) is 0 Å². The Kier molecular flexibility index (Phi) is 5.09. The van der Waals surface area contributed by atoms with Crippen molar-refractivity contribution in [2.24, 2.45) is 0 Å². The molecule has 0 saturated carbocycles. The highest BCUT2D eigenvalue weighted by molar-refractivity contribution is 7.12. The number of carbonyl (C=O) groups excluding carboxylic acids is 1. The Morgan fingerprint density at radius 2 is 2.14 bits per heavy atom. The first kappa shape index (κ1) is 15.7. The zero-order chi connectivity index (χ0) is 15.4. The van der Waals surface area contributed by atoms with Crippen molar-refractivity contribution in [2.45, 2.75) is 26.4 Å². The molecule has 1 heterocycles. The molecule has 0 amide bonds. The van der Waals surface area contributed by atoms with Gasteiger partial charge in [0.1, 0.15) is 5.82 Å². The Bertz CT molecular complexity index is 639. The first-order valence-electron chi connectivity index (χ1n) is 6.67. The number of methoxy groups -OCH3 is 1. The minimum atomic E-state index is -0.658. The van der Waals surface area contributed by atoms with Crippen LogP contribution >= 0.6 is 11.3 Å². The van der Waals surface area contributed by atoms with Crippen molar-refractivity contribution < 1.29 is 13.9 Å². The van der Waals surface area contributed by atoms with Gasteiger partial charge in [-0.15, -0.1) is 11.3 Å². The average molecular weight is 307 g/mol. The molecule has 0 fully saturated rings. The number of halogens is 1. The summed E-state index contributed by atoms with van der Waals surface area (Å²) in [6.07, 6.45) is 0. The van der Waals surface area contributed by atoms with Crippen LogP contribution in [0, 0.1) is 12.7 Å². The molecule has 5 heteroatoms. The molecular formula is C16H18FNO2S. The van der Waals surface area contributed by atoms with Crippen molar-refractivity contribution >= 4 is 17.3 Å². The van der Waals surface area contributed by atoms with Gasteiger partial charge in [-0.3, -0.25) is 0 Å². The topological polar surface area (TPSA) is 38.3 Å². The predicted octanol–water partition coefficient (Wildman–Crippen LogP) is 3.83. The number of ether oxygens (including phenoxy) is 1. The van der Waals surface area contributed by atoms with Crippen LogP contribution in [0.5, 0.6) is 0 Å². The van der Waals surface area contributed by atoms with Crippen LogP contribution in [0.25, 0.3) is 0 Å². The highest BCUT2D eigenvalue weighted by atomic mass is 32.1. The summed E-state index contributed by atoms with van der Waals surface area (Å²) in [7, 11) is 1.24. The van der Waals surface area contributed by atoms with Crippen LogP contribution in [-0.2, 0) is 11.3 Å². The Morgan fingerprint density at radius 1 is 1.38 bits per heavy atom. The van der Waals surface area contributed by atoms with Gasteiger partial charge in [0, 0.05) is 22.3 Å². The lowest BCUT2D eigenvalue weighted by Crippen LogP contribution is -2.17. The predicted molar refractivity (Wildman–Crippen MR) is 82.1 cm³/mol. The summed E-state index contributed by atoms with van der Waals surface area (Å²) >= 11 is 1.75. The van der Waals surface area contributed by atoms with E-state index in [9.17, 15) is 9.18 Å². The summed E-state index contributed by atoms with van der Waals surface area (Å²) < 4.78 is 18.3. The monoisotopic (exact) mass is 307 g/mol. The summed E-state index contributed by atoms with van der Waals surface area (Å²) in [5.74, 6) is -1.21. The molecule has 0 aliphatic carbocycles. The quantitative estimate of drug-likeness (QED) is 0.853. The molecule has 2 rings (SSSR count). The first-order valence-corrected chi connectivity index (χ1v) is 7.49. The Labute approximate surface area is 127 Å². The molecule has 0 saturated heterocycles. The number of thiophene rings is 1. The Balaban J connectivity index is 2.00. The van der Waals surface area contributed by atoms with Gasteiger partial charge in [-0.05, 0) is 43.7 Å². The minimum absolute atomic E-state index is 0.0387. The Morgan fingerprint density at radius 3 is 2.71 bits per heavy atom. The van der Waals surface area contributed by atoms with E-state index in [0.29, 0.717) is 6.54 Å². The molecule has 3 nitrogen and oxygen atoms in total. The maximum atomic E-state index is 13.8. The van der Waals surface area contributed by atoms with Gasteiger partial charge >= 0.3 is 5.97 Å². The fraction of sp³-hybridized carbons (Fsp3) is 0.312. The average Bonchev–Trinajstić information content (AvgIpc) is 2.90. The van der Waals surface area contributed by atoms with E-state index in [1.807, 2.05) is 0 Å². The van der Waals surface area contributed by atoms with Gasteiger partial charge < -0.3 is 10.1 Å². The molecule has 0 aliphatic rings. The van der Waals surface area contributed by atoms with Crippen LogP contribution in [0.15, 0.2) is 30.3 Å². The molecule has 2 aromatic rings. The SMILES string of the molecule is COC(=O)c1ccc(CNC(C)c2ccc(C)s2)cc1F. The van der Waals surface area contributed by atoms with Crippen molar-refractivity contribution in [3.63, 3.8) is 0 Å². The second-order valence-electron chi connectivity index (χ2n) is 4.86. The molecular weight excluding hydrogens is 289 g/mol. The van der Waals surface area contributed by atoms with Gasteiger partial charge in [-0.2, -0.15) is 0 Å². The zero-order valence-electron chi connectivity index (χ0n) is 12.3. The summed E-state index contributed by atoms with van der Waals surface area (Å²) in [6, 6.07) is 8.94. The van der Waals surface area contributed by atoms with Gasteiger partial charge in [0.05, 0.1) is 12.7 Å². The van der Waals surface area contributed by atoms with Crippen molar-refractivity contribution in [2.75, 3.05) is 7.11 Å². The number of rotatable bonds is 5. The van der Waals surface area contributed by atoms with E-state index in [2.05, 4.69) is 36.0 Å². The molecule has 112 valence electrons. The van der Waals surface area contributed by atoms with Gasteiger partial charge in [0.15, 0.2) is 0 Å². The maximum absolute atomic E-state index is 13.8. The standard InChI is InChI=1S/C16H18FNO2S/c1-10-4-7-15(21-10)11(2)18-9-12-5-6-13(14(17)8-12)16(19)20-3/h4-8,11,18H,9H2,1-3H3. The van der Waals surface area contributed by atoms with Crippen molar-refractivity contribution in [1.82, 2.24) is 5.32 Å². The minimum Gasteiger partial charge on any atom is -0.465 e. The van der Waals surface area contributed by atoms with E-state index in [1.54, 1.807) is 17.4 Å². The van der Waals surface area contributed by atoms with Crippen molar-refractivity contribution in [3.8, 4) is 0 Å². The van der Waals surface area contributed by atoms with E-state index >= 15 is 0 Å². The lowest BCUT2D eigenvalue weighted by atomic mass is 10.1. The lowest BCUT2D eigenvalue weighted by molar-refractivity contribution is 0.0595.